The molecule has 0 atom stereocenters. The second kappa shape index (κ2) is 31.9. The molecule has 0 amide bonds. The number of hydrogen-bond acceptors (Lipinski definition) is 5. The van der Waals surface area contributed by atoms with Gasteiger partial charge >= 0.3 is 11.9 Å². The summed E-state index contributed by atoms with van der Waals surface area (Å²) in [5, 5.41) is 9.95. The number of ether oxygens (including phenoxy) is 2. The molecule has 0 aliphatic carbocycles. The molecular formula is C35H64O5. The average Bonchev–Trinajstić information content (AvgIpc) is 2.95. The lowest BCUT2D eigenvalue weighted by molar-refractivity contribution is -0.152. The highest BCUT2D eigenvalue weighted by molar-refractivity contribution is 5.69. The van der Waals surface area contributed by atoms with E-state index in [0.717, 1.165) is 51.4 Å². The number of aliphatic hydroxyl groups is 1. The Hall–Kier alpha value is -1.62. The number of carbonyl (C=O) groups excluding carboxylic acids is 2. The first-order chi connectivity index (χ1) is 19.6. The minimum absolute atomic E-state index is 0.127. The van der Waals surface area contributed by atoms with Crippen molar-refractivity contribution in [3.05, 3.63) is 24.3 Å². The van der Waals surface area contributed by atoms with E-state index in [0.29, 0.717) is 12.8 Å². The Morgan fingerprint density at radius 2 is 0.800 bits per heavy atom. The number of hydrogen-bond donors (Lipinski definition) is 1. The van der Waals surface area contributed by atoms with Crippen LogP contribution >= 0.6 is 0 Å². The molecule has 0 spiro atoms. The lowest BCUT2D eigenvalue weighted by atomic mass is 10.1. The van der Waals surface area contributed by atoms with Crippen LogP contribution in [0, 0.1) is 0 Å². The molecule has 0 aromatic heterocycles. The van der Waals surface area contributed by atoms with Crippen LogP contribution in [0.5, 0.6) is 0 Å². The maximum Gasteiger partial charge on any atom is 0.305 e. The summed E-state index contributed by atoms with van der Waals surface area (Å²) in [4.78, 5) is 23.8. The molecule has 0 rings (SSSR count). The van der Waals surface area contributed by atoms with E-state index in [1.165, 1.54) is 89.9 Å². The quantitative estimate of drug-likeness (QED) is 0.0534. The van der Waals surface area contributed by atoms with Gasteiger partial charge in [-0.05, 0) is 64.2 Å². The van der Waals surface area contributed by atoms with E-state index in [1.807, 2.05) is 0 Å². The molecule has 0 unspecified atom stereocenters. The summed E-state index contributed by atoms with van der Waals surface area (Å²) in [6.07, 6.45) is 35.1. The number of rotatable bonds is 30. The van der Waals surface area contributed by atoms with Gasteiger partial charge in [-0.25, -0.2) is 0 Å². The van der Waals surface area contributed by atoms with Gasteiger partial charge in [0.2, 0.25) is 0 Å². The summed E-state index contributed by atoms with van der Waals surface area (Å²) in [6.45, 7) is 4.24. The molecule has 5 nitrogen and oxygen atoms in total. The van der Waals surface area contributed by atoms with Crippen molar-refractivity contribution in [1.29, 1.82) is 0 Å². The molecule has 0 radical (unpaired) electrons. The predicted octanol–water partition coefficient (Wildman–Crippen LogP) is 9.95. The maximum absolute atomic E-state index is 11.9. The van der Waals surface area contributed by atoms with Crippen molar-refractivity contribution in [2.45, 2.75) is 174 Å². The van der Waals surface area contributed by atoms with Crippen LogP contribution in [0.4, 0.5) is 0 Å². The lowest BCUT2D eigenvalue weighted by Gasteiger charge is -2.12. The Balaban J connectivity index is 3.49. The normalized spacial score (nSPS) is 11.7. The van der Waals surface area contributed by atoms with Crippen LogP contribution < -0.4 is 0 Å². The van der Waals surface area contributed by atoms with Crippen LogP contribution in [0.3, 0.4) is 0 Å². The Bertz CT molecular complexity index is 561. The highest BCUT2D eigenvalue weighted by atomic mass is 16.6. The second-order valence-corrected chi connectivity index (χ2v) is 11.3. The Kier molecular flexibility index (Phi) is 30.6. The van der Waals surface area contributed by atoms with E-state index in [2.05, 4.69) is 38.2 Å². The van der Waals surface area contributed by atoms with Crippen LogP contribution in [0.15, 0.2) is 24.3 Å². The highest BCUT2D eigenvalue weighted by Gasteiger charge is 2.12. The van der Waals surface area contributed by atoms with Gasteiger partial charge in [0.1, 0.15) is 19.3 Å². The van der Waals surface area contributed by atoms with Gasteiger partial charge in [0.25, 0.3) is 0 Å². The monoisotopic (exact) mass is 564 g/mol. The van der Waals surface area contributed by atoms with E-state index in [4.69, 9.17) is 9.47 Å². The topological polar surface area (TPSA) is 72.8 Å². The minimum Gasteiger partial charge on any atom is -0.463 e. The molecule has 0 saturated heterocycles. The third kappa shape index (κ3) is 30.9. The SMILES string of the molecule is CCCCCCCC/C=C\CCCCCC(=O)OCC(O)COC(=O)CCCCC/C=C\CCCCCCCC. The summed E-state index contributed by atoms with van der Waals surface area (Å²) in [7, 11) is 0. The summed E-state index contributed by atoms with van der Waals surface area (Å²) < 4.78 is 10.2. The second-order valence-electron chi connectivity index (χ2n) is 11.3. The van der Waals surface area contributed by atoms with Crippen LogP contribution in [0.2, 0.25) is 0 Å². The Morgan fingerprint density at radius 3 is 1.15 bits per heavy atom. The van der Waals surface area contributed by atoms with Gasteiger partial charge in [0.15, 0.2) is 0 Å². The first kappa shape index (κ1) is 38.4. The molecular weight excluding hydrogens is 500 g/mol. The Labute approximate surface area is 247 Å². The molecule has 0 heterocycles. The third-order valence-electron chi connectivity index (χ3n) is 7.16. The van der Waals surface area contributed by atoms with Crippen molar-refractivity contribution in [3.8, 4) is 0 Å². The summed E-state index contributed by atoms with van der Waals surface area (Å²) in [5.74, 6) is -0.602. The number of allylic oxidation sites excluding steroid dienone is 4. The zero-order valence-electron chi connectivity index (χ0n) is 26.4. The van der Waals surface area contributed by atoms with Gasteiger partial charge in [0.05, 0.1) is 0 Å². The maximum atomic E-state index is 11.9. The number of unbranched alkanes of at least 4 members (excludes halogenated alkanes) is 18. The van der Waals surface area contributed by atoms with Gasteiger partial charge in [-0.3, -0.25) is 9.59 Å². The van der Waals surface area contributed by atoms with Crippen LogP contribution in [-0.4, -0.2) is 36.4 Å². The van der Waals surface area contributed by atoms with Crippen LogP contribution in [0.1, 0.15) is 168 Å². The zero-order chi connectivity index (χ0) is 29.4. The summed E-state index contributed by atoms with van der Waals surface area (Å²) in [6, 6.07) is 0. The summed E-state index contributed by atoms with van der Waals surface area (Å²) in [5.41, 5.74) is 0. The molecule has 5 heteroatoms. The van der Waals surface area contributed by atoms with Crippen molar-refractivity contribution in [2.24, 2.45) is 0 Å². The zero-order valence-corrected chi connectivity index (χ0v) is 26.4. The van der Waals surface area contributed by atoms with E-state index in [1.54, 1.807) is 0 Å². The van der Waals surface area contributed by atoms with Gasteiger partial charge in [-0.15, -0.1) is 0 Å². The standard InChI is InChI=1S/C35H64O5/c1-3-5-7-9-11-13-15-17-19-21-23-25-27-29-34(37)39-31-33(36)32-40-35(38)30-28-26-24-22-20-18-16-14-12-10-8-6-4-2/h17-20,33,36H,3-16,21-32H2,1-2H3/b19-17-,20-18-. The van der Waals surface area contributed by atoms with Crippen LogP contribution in [0.25, 0.3) is 0 Å². The molecule has 0 aromatic rings. The van der Waals surface area contributed by atoms with Crippen molar-refractivity contribution in [1.82, 2.24) is 0 Å². The first-order valence-corrected chi connectivity index (χ1v) is 16.9. The van der Waals surface area contributed by atoms with E-state index < -0.39 is 6.10 Å². The van der Waals surface area contributed by atoms with Crippen molar-refractivity contribution in [3.63, 3.8) is 0 Å². The molecule has 0 aliphatic heterocycles. The first-order valence-electron chi connectivity index (χ1n) is 16.9. The van der Waals surface area contributed by atoms with Crippen molar-refractivity contribution in [2.75, 3.05) is 13.2 Å². The molecule has 234 valence electrons. The highest BCUT2D eigenvalue weighted by Crippen LogP contribution is 2.10. The molecule has 40 heavy (non-hydrogen) atoms. The van der Waals surface area contributed by atoms with E-state index in [9.17, 15) is 14.7 Å². The number of carbonyl (C=O) groups is 2. The van der Waals surface area contributed by atoms with Gasteiger partial charge in [0, 0.05) is 12.8 Å². The Morgan fingerprint density at radius 1 is 0.500 bits per heavy atom. The molecule has 0 saturated carbocycles. The molecule has 0 bridgehead atoms. The largest absolute Gasteiger partial charge is 0.463 e. The minimum atomic E-state index is -0.971. The number of esters is 2. The predicted molar refractivity (Wildman–Crippen MR) is 168 cm³/mol. The fourth-order valence-corrected chi connectivity index (χ4v) is 4.54. The molecule has 0 aliphatic rings. The van der Waals surface area contributed by atoms with Crippen LogP contribution in [-0.2, 0) is 19.1 Å². The summed E-state index contributed by atoms with van der Waals surface area (Å²) >= 11 is 0. The number of aliphatic hydroxyl groups excluding tert-OH is 1. The fraction of sp³-hybridized carbons (Fsp3) is 0.829. The third-order valence-corrected chi connectivity index (χ3v) is 7.16. The van der Waals surface area contributed by atoms with Crippen molar-refractivity contribution < 1.29 is 24.2 Å². The van der Waals surface area contributed by atoms with Gasteiger partial charge < -0.3 is 14.6 Å². The van der Waals surface area contributed by atoms with Crippen molar-refractivity contribution >= 4 is 11.9 Å². The fourth-order valence-electron chi connectivity index (χ4n) is 4.54. The smallest absolute Gasteiger partial charge is 0.305 e. The van der Waals surface area contributed by atoms with E-state index in [-0.39, 0.29) is 25.2 Å². The molecule has 0 aromatic carbocycles. The molecule has 0 fully saturated rings. The average molecular weight is 565 g/mol. The van der Waals surface area contributed by atoms with Gasteiger partial charge in [-0.2, -0.15) is 0 Å². The van der Waals surface area contributed by atoms with Gasteiger partial charge in [-0.1, -0.05) is 115 Å². The lowest BCUT2D eigenvalue weighted by Crippen LogP contribution is -2.25. The van der Waals surface area contributed by atoms with E-state index >= 15 is 0 Å². The molecule has 1 N–H and O–H groups in total.